The average molecular weight is 843 g/mol. The summed E-state index contributed by atoms with van der Waals surface area (Å²) in [5.41, 5.74) is 0. The molecule has 0 fully saturated rings. The summed E-state index contributed by atoms with van der Waals surface area (Å²) < 4.78 is 34.9. The SMILES string of the molecule is CC/C=C\C/C=C\C/C=C\C/C=C\C/C=C\CCCCCCCCCC(=O)OC(COCCC/C=C\C/C=C\C/C=C\C/C=C\CC)COP(=O)(O)OCC[N+](C)(C)C. The number of quaternary nitrogens is 1. The van der Waals surface area contributed by atoms with Crippen LogP contribution in [0.3, 0.4) is 0 Å². The van der Waals surface area contributed by atoms with Gasteiger partial charge in [-0.25, -0.2) is 4.57 Å². The molecule has 8 nitrogen and oxygen atoms in total. The topological polar surface area (TPSA) is 91.3 Å². The molecule has 0 bridgehead atoms. The number of phosphoric ester groups is 1. The number of hydrogen-bond donors (Lipinski definition) is 1. The highest BCUT2D eigenvalue weighted by Gasteiger charge is 2.26. The second-order valence-electron chi connectivity index (χ2n) is 15.7. The molecule has 0 spiro atoms. The van der Waals surface area contributed by atoms with Crippen LogP contribution in [0.15, 0.2) is 109 Å². The first-order valence-corrected chi connectivity index (χ1v) is 24.1. The van der Waals surface area contributed by atoms with Gasteiger partial charge in [-0.15, -0.1) is 0 Å². The summed E-state index contributed by atoms with van der Waals surface area (Å²) in [7, 11) is 1.60. The fourth-order valence-electron chi connectivity index (χ4n) is 5.41. The number of phosphoric acid groups is 1. The summed E-state index contributed by atoms with van der Waals surface area (Å²) in [5.74, 6) is -0.349. The standard InChI is InChI=1S/C50H84NO7P/c1-6-8-10-12-14-16-18-20-22-23-24-25-26-27-28-29-30-31-33-35-37-39-41-43-50(52)58-49(48-57-59(53,54)56-46-44-51(3,4)5)47-55-45-42-40-38-36-34-32-21-19-17-15-13-11-9-7-2/h8-11,14-17,20-22,24-25,27-28,32,36,38,49H,6-7,12-13,18-19,23,26,29-31,33-35,37,39-48H2,1-5H3/p+1/b10-8-,11-9-,16-14-,17-15-,22-20-,25-24-,28-27-,32-21-,38-36-. The van der Waals surface area contributed by atoms with E-state index in [1.165, 1.54) is 19.3 Å². The van der Waals surface area contributed by atoms with E-state index in [2.05, 4.69) is 123 Å². The van der Waals surface area contributed by atoms with Gasteiger partial charge in [0.25, 0.3) is 0 Å². The van der Waals surface area contributed by atoms with Gasteiger partial charge in [0.2, 0.25) is 0 Å². The van der Waals surface area contributed by atoms with Crippen LogP contribution in [0.4, 0.5) is 0 Å². The lowest BCUT2D eigenvalue weighted by Crippen LogP contribution is -2.37. The van der Waals surface area contributed by atoms with E-state index < -0.39 is 13.9 Å². The van der Waals surface area contributed by atoms with E-state index in [1.54, 1.807) is 0 Å². The maximum Gasteiger partial charge on any atom is 0.472 e. The van der Waals surface area contributed by atoms with Crippen molar-refractivity contribution in [3.8, 4) is 0 Å². The number of unbranched alkanes of at least 4 members (excludes halogenated alkanes) is 8. The third kappa shape index (κ3) is 46.1. The van der Waals surface area contributed by atoms with E-state index in [0.717, 1.165) is 103 Å². The van der Waals surface area contributed by atoms with Crippen molar-refractivity contribution in [1.82, 2.24) is 0 Å². The second-order valence-corrected chi connectivity index (χ2v) is 17.1. The van der Waals surface area contributed by atoms with Gasteiger partial charge >= 0.3 is 13.8 Å². The average Bonchev–Trinajstić information content (AvgIpc) is 3.19. The van der Waals surface area contributed by atoms with Crippen LogP contribution in [0.1, 0.15) is 142 Å². The smallest absolute Gasteiger partial charge is 0.457 e. The van der Waals surface area contributed by atoms with E-state index >= 15 is 0 Å². The molecule has 1 N–H and O–H groups in total. The Balaban J connectivity index is 4.31. The van der Waals surface area contributed by atoms with Gasteiger partial charge in [0, 0.05) is 13.0 Å². The van der Waals surface area contributed by atoms with Crippen molar-refractivity contribution >= 4 is 13.8 Å². The zero-order chi connectivity index (χ0) is 43.4. The van der Waals surface area contributed by atoms with Crippen LogP contribution >= 0.6 is 7.82 Å². The minimum atomic E-state index is -4.30. The third-order valence-corrected chi connectivity index (χ3v) is 9.81. The van der Waals surface area contributed by atoms with Gasteiger partial charge in [0.15, 0.2) is 0 Å². The van der Waals surface area contributed by atoms with Crippen molar-refractivity contribution in [1.29, 1.82) is 0 Å². The largest absolute Gasteiger partial charge is 0.472 e. The van der Waals surface area contributed by atoms with Crippen LogP contribution in [0.2, 0.25) is 0 Å². The minimum absolute atomic E-state index is 0.0693. The minimum Gasteiger partial charge on any atom is -0.457 e. The molecule has 0 aliphatic heterocycles. The molecule has 0 aliphatic rings. The van der Waals surface area contributed by atoms with Gasteiger partial charge in [-0.05, 0) is 89.9 Å². The monoisotopic (exact) mass is 843 g/mol. The molecule has 59 heavy (non-hydrogen) atoms. The molecule has 0 radical (unpaired) electrons. The van der Waals surface area contributed by atoms with Crippen LogP contribution in [-0.2, 0) is 27.9 Å². The fraction of sp³-hybridized carbons (Fsp3) is 0.620. The van der Waals surface area contributed by atoms with Crippen LogP contribution in [-0.4, -0.2) is 75.6 Å². The van der Waals surface area contributed by atoms with Gasteiger partial charge < -0.3 is 18.9 Å². The van der Waals surface area contributed by atoms with Gasteiger partial charge in [-0.2, -0.15) is 0 Å². The lowest BCUT2D eigenvalue weighted by atomic mass is 10.1. The molecule has 0 aliphatic carbocycles. The summed E-state index contributed by atoms with van der Waals surface area (Å²) in [4.78, 5) is 22.9. The lowest BCUT2D eigenvalue weighted by molar-refractivity contribution is -0.870. The van der Waals surface area contributed by atoms with Crippen molar-refractivity contribution in [2.45, 2.75) is 148 Å². The van der Waals surface area contributed by atoms with Gasteiger partial charge in [-0.3, -0.25) is 13.8 Å². The molecule has 0 aromatic rings. The number of rotatable bonds is 40. The molecule has 2 unspecified atom stereocenters. The molecule has 0 aromatic heterocycles. The fourth-order valence-corrected chi connectivity index (χ4v) is 6.15. The summed E-state index contributed by atoms with van der Waals surface area (Å²) in [6.45, 7) is 5.19. The van der Waals surface area contributed by atoms with Crippen molar-refractivity contribution in [3.05, 3.63) is 109 Å². The van der Waals surface area contributed by atoms with Crippen LogP contribution in [0, 0.1) is 0 Å². The van der Waals surface area contributed by atoms with Gasteiger partial charge in [-0.1, -0.05) is 155 Å². The van der Waals surface area contributed by atoms with Crippen molar-refractivity contribution in [2.24, 2.45) is 0 Å². The maximum absolute atomic E-state index is 12.7. The summed E-state index contributed by atoms with van der Waals surface area (Å²) >= 11 is 0. The number of carbonyl (C=O) groups is 1. The molecule has 9 heteroatoms. The number of carbonyl (C=O) groups excluding carboxylic acids is 1. The molecular formula is C50H85NO7P+. The number of allylic oxidation sites excluding steroid dienone is 18. The molecule has 0 aromatic carbocycles. The molecule has 0 amide bonds. The summed E-state index contributed by atoms with van der Waals surface area (Å²) in [6, 6.07) is 0. The normalized spacial score (nSPS) is 14.7. The number of ether oxygens (including phenoxy) is 2. The van der Waals surface area contributed by atoms with Crippen molar-refractivity contribution in [2.75, 3.05) is 54.1 Å². The lowest BCUT2D eigenvalue weighted by Gasteiger charge is -2.24. The van der Waals surface area contributed by atoms with Crippen LogP contribution in [0.25, 0.3) is 0 Å². The Morgan fingerprint density at radius 1 is 0.525 bits per heavy atom. The highest BCUT2D eigenvalue weighted by molar-refractivity contribution is 7.47. The predicted molar refractivity (Wildman–Crippen MR) is 251 cm³/mol. The number of esters is 1. The number of nitrogens with zero attached hydrogens (tertiary/aromatic N) is 1. The number of likely N-dealkylation sites (N-methyl/N-ethyl adjacent to an activating group) is 1. The zero-order valence-electron chi connectivity index (χ0n) is 37.9. The molecular weight excluding hydrogens is 758 g/mol. The summed E-state index contributed by atoms with van der Waals surface area (Å²) in [6.07, 6.45) is 58.5. The molecule has 0 rings (SSSR count). The Kier molecular flexibility index (Phi) is 39.9. The van der Waals surface area contributed by atoms with Gasteiger partial charge in [0.1, 0.15) is 19.3 Å². The molecule has 0 saturated carbocycles. The third-order valence-electron chi connectivity index (χ3n) is 8.83. The Labute approximate surface area is 361 Å². The van der Waals surface area contributed by atoms with Crippen LogP contribution in [0.5, 0.6) is 0 Å². The molecule has 0 heterocycles. The van der Waals surface area contributed by atoms with E-state index in [1.807, 2.05) is 21.1 Å². The van der Waals surface area contributed by atoms with E-state index in [4.69, 9.17) is 18.5 Å². The Morgan fingerprint density at radius 3 is 1.39 bits per heavy atom. The van der Waals surface area contributed by atoms with Crippen molar-refractivity contribution in [3.63, 3.8) is 0 Å². The highest BCUT2D eigenvalue weighted by atomic mass is 31.2. The number of hydrogen-bond acceptors (Lipinski definition) is 6. The molecule has 336 valence electrons. The second kappa shape index (κ2) is 41.9. The first kappa shape index (κ1) is 56.2. The zero-order valence-corrected chi connectivity index (χ0v) is 38.8. The Morgan fingerprint density at radius 2 is 0.932 bits per heavy atom. The molecule has 0 saturated heterocycles. The van der Waals surface area contributed by atoms with E-state index in [0.29, 0.717) is 24.1 Å². The maximum atomic E-state index is 12.7. The first-order valence-electron chi connectivity index (χ1n) is 22.6. The van der Waals surface area contributed by atoms with E-state index in [9.17, 15) is 14.3 Å². The van der Waals surface area contributed by atoms with Crippen LogP contribution < -0.4 is 0 Å². The predicted octanol–water partition coefficient (Wildman–Crippen LogP) is 13.6. The first-order chi connectivity index (χ1) is 28.6. The highest BCUT2D eigenvalue weighted by Crippen LogP contribution is 2.43. The quantitative estimate of drug-likeness (QED) is 0.0216. The summed E-state index contributed by atoms with van der Waals surface area (Å²) in [5, 5.41) is 0. The van der Waals surface area contributed by atoms with E-state index in [-0.39, 0.29) is 25.8 Å². The Hall–Kier alpha value is -2.84. The van der Waals surface area contributed by atoms with Crippen molar-refractivity contribution < 1.29 is 37.3 Å². The molecule has 2 atom stereocenters. The Bertz CT molecular complexity index is 1300. The van der Waals surface area contributed by atoms with Gasteiger partial charge in [0.05, 0.1) is 34.4 Å².